The van der Waals surface area contributed by atoms with Crippen molar-refractivity contribution in [3.63, 3.8) is 0 Å². The van der Waals surface area contributed by atoms with Crippen molar-refractivity contribution in [2.24, 2.45) is 0 Å². The Morgan fingerprint density at radius 1 is 1.14 bits per heavy atom. The van der Waals surface area contributed by atoms with Crippen molar-refractivity contribution in [3.8, 4) is 5.75 Å². The number of hydrogen-bond acceptors (Lipinski definition) is 1. The molecule has 0 saturated carbocycles. The Hall–Kier alpha value is -2.00. The third-order valence-electron chi connectivity index (χ3n) is 3.49. The molecule has 21 heavy (non-hydrogen) atoms. The summed E-state index contributed by atoms with van der Waals surface area (Å²) in [6.45, 7) is 3.20. The van der Waals surface area contributed by atoms with Crippen LogP contribution in [0.2, 0.25) is 5.02 Å². The van der Waals surface area contributed by atoms with Crippen LogP contribution >= 0.6 is 11.6 Å². The van der Waals surface area contributed by atoms with Crippen LogP contribution < -0.4 is 4.74 Å². The molecule has 1 aromatic heterocycles. The Labute approximate surface area is 127 Å². The first-order valence-corrected chi connectivity index (χ1v) is 7.22. The molecule has 4 heteroatoms. The molecule has 0 aliphatic carbocycles. The number of aryl methyl sites for hydroxylation is 1. The molecule has 2 aromatic carbocycles. The fourth-order valence-electron chi connectivity index (χ4n) is 2.48. The number of fused-ring (bicyclic) bond motifs is 1. The van der Waals surface area contributed by atoms with Crippen LogP contribution in [0.1, 0.15) is 12.5 Å². The minimum atomic E-state index is -0.358. The van der Waals surface area contributed by atoms with Gasteiger partial charge in [-0.05, 0) is 31.2 Å². The lowest BCUT2D eigenvalue weighted by molar-refractivity contribution is 0.291. The van der Waals surface area contributed by atoms with Crippen LogP contribution in [0.25, 0.3) is 10.9 Å². The Morgan fingerprint density at radius 3 is 2.71 bits per heavy atom. The highest BCUT2D eigenvalue weighted by molar-refractivity contribution is 6.35. The average Bonchev–Trinajstić information content (AvgIpc) is 2.86. The van der Waals surface area contributed by atoms with E-state index in [4.69, 9.17) is 16.3 Å². The molecule has 3 aromatic rings. The fraction of sp³-hybridized carbons (Fsp3) is 0.176. The van der Waals surface area contributed by atoms with E-state index in [-0.39, 0.29) is 18.2 Å². The van der Waals surface area contributed by atoms with Gasteiger partial charge in [-0.2, -0.15) is 0 Å². The maximum absolute atomic E-state index is 13.6. The monoisotopic (exact) mass is 303 g/mol. The molecule has 0 bridgehead atoms. The lowest BCUT2D eigenvalue weighted by atomic mass is 10.2. The Bertz CT molecular complexity index is 782. The van der Waals surface area contributed by atoms with Gasteiger partial charge in [-0.25, -0.2) is 4.39 Å². The highest BCUT2D eigenvalue weighted by Crippen LogP contribution is 2.30. The van der Waals surface area contributed by atoms with Crippen LogP contribution in [-0.2, 0) is 13.2 Å². The molecule has 1 heterocycles. The maximum Gasteiger partial charge on any atom is 0.165 e. The maximum atomic E-state index is 13.6. The first-order valence-electron chi connectivity index (χ1n) is 6.84. The molecule has 0 atom stereocenters. The van der Waals surface area contributed by atoms with Gasteiger partial charge in [0.15, 0.2) is 11.6 Å². The van der Waals surface area contributed by atoms with E-state index in [0.717, 1.165) is 23.0 Å². The quantitative estimate of drug-likeness (QED) is 0.659. The first kappa shape index (κ1) is 14.0. The van der Waals surface area contributed by atoms with Crippen molar-refractivity contribution in [2.45, 2.75) is 20.1 Å². The molecule has 0 radical (unpaired) electrons. The predicted molar refractivity (Wildman–Crippen MR) is 83.4 cm³/mol. The van der Waals surface area contributed by atoms with Gasteiger partial charge in [-0.3, -0.25) is 0 Å². The van der Waals surface area contributed by atoms with Crippen LogP contribution in [-0.4, -0.2) is 4.57 Å². The average molecular weight is 304 g/mol. The van der Waals surface area contributed by atoms with Crippen LogP contribution in [0.15, 0.2) is 48.7 Å². The van der Waals surface area contributed by atoms with E-state index in [1.807, 2.05) is 24.4 Å². The number of halogens is 2. The topological polar surface area (TPSA) is 14.2 Å². The van der Waals surface area contributed by atoms with Crippen LogP contribution in [0.3, 0.4) is 0 Å². The van der Waals surface area contributed by atoms with Gasteiger partial charge >= 0.3 is 0 Å². The number of nitrogens with zero attached hydrogens (tertiary/aromatic N) is 1. The van der Waals surface area contributed by atoms with Gasteiger partial charge in [0.05, 0.1) is 5.02 Å². The van der Waals surface area contributed by atoms with Crippen LogP contribution in [0, 0.1) is 5.82 Å². The molecule has 0 unspecified atom stereocenters. The summed E-state index contributed by atoms with van der Waals surface area (Å²) in [6.07, 6.45) is 2.01. The molecule has 0 saturated heterocycles. The Balaban J connectivity index is 1.96. The summed E-state index contributed by atoms with van der Waals surface area (Å²) in [4.78, 5) is 0. The third kappa shape index (κ3) is 2.61. The van der Waals surface area contributed by atoms with Gasteiger partial charge in [0.2, 0.25) is 0 Å². The SMILES string of the molecule is CCn1cc(COc2ccccc2F)c2c(Cl)cccc21. The van der Waals surface area contributed by atoms with Gasteiger partial charge in [0.1, 0.15) is 6.61 Å². The molecule has 108 valence electrons. The van der Waals surface area contributed by atoms with Gasteiger partial charge in [0, 0.05) is 29.2 Å². The summed E-state index contributed by atoms with van der Waals surface area (Å²) < 4.78 is 21.3. The van der Waals surface area contributed by atoms with E-state index >= 15 is 0 Å². The zero-order chi connectivity index (χ0) is 14.8. The van der Waals surface area contributed by atoms with Gasteiger partial charge in [-0.15, -0.1) is 0 Å². The second kappa shape index (κ2) is 5.78. The molecule has 0 aliphatic heterocycles. The van der Waals surface area contributed by atoms with Crippen molar-refractivity contribution < 1.29 is 9.13 Å². The van der Waals surface area contributed by atoms with Crippen molar-refractivity contribution >= 4 is 22.5 Å². The van der Waals surface area contributed by atoms with Gasteiger partial charge in [-0.1, -0.05) is 29.8 Å². The molecule has 0 amide bonds. The van der Waals surface area contributed by atoms with Crippen molar-refractivity contribution in [1.29, 1.82) is 0 Å². The molecule has 0 fully saturated rings. The molecular weight excluding hydrogens is 289 g/mol. The second-order valence-corrected chi connectivity index (χ2v) is 5.20. The summed E-state index contributed by atoms with van der Waals surface area (Å²) in [5, 5.41) is 1.66. The Kier molecular flexibility index (Phi) is 3.84. The highest BCUT2D eigenvalue weighted by atomic mass is 35.5. The molecular formula is C17H15ClFNO. The summed E-state index contributed by atoms with van der Waals surface area (Å²) in [5.41, 5.74) is 2.03. The molecule has 3 rings (SSSR count). The summed E-state index contributed by atoms with van der Waals surface area (Å²) in [6, 6.07) is 12.2. The van der Waals surface area contributed by atoms with Gasteiger partial charge in [0.25, 0.3) is 0 Å². The smallest absolute Gasteiger partial charge is 0.165 e. The van der Waals surface area contributed by atoms with Crippen LogP contribution in [0.4, 0.5) is 4.39 Å². The standard InChI is InChI=1S/C17H15ClFNO/c1-2-20-10-12(17-13(18)6-5-8-15(17)20)11-21-16-9-4-3-7-14(16)19/h3-10H,2,11H2,1H3. The summed E-state index contributed by atoms with van der Waals surface area (Å²) in [7, 11) is 0. The minimum absolute atomic E-state index is 0.252. The van der Waals surface area contributed by atoms with E-state index in [2.05, 4.69) is 11.5 Å². The molecule has 0 aliphatic rings. The number of ether oxygens (including phenoxy) is 1. The molecule has 2 nitrogen and oxygen atoms in total. The van der Waals surface area contributed by atoms with Gasteiger partial charge < -0.3 is 9.30 Å². The first-order chi connectivity index (χ1) is 10.2. The Morgan fingerprint density at radius 2 is 1.95 bits per heavy atom. The second-order valence-electron chi connectivity index (χ2n) is 4.79. The lowest BCUT2D eigenvalue weighted by Gasteiger charge is -2.06. The van der Waals surface area contributed by atoms with E-state index in [1.165, 1.54) is 6.07 Å². The normalized spacial score (nSPS) is 11.0. The van der Waals surface area contributed by atoms with E-state index in [1.54, 1.807) is 18.2 Å². The summed E-state index contributed by atoms with van der Waals surface area (Å²) >= 11 is 6.30. The predicted octanol–water partition coefficient (Wildman–Crippen LogP) is 5.03. The van der Waals surface area contributed by atoms with E-state index < -0.39 is 0 Å². The zero-order valence-corrected chi connectivity index (χ0v) is 12.4. The third-order valence-corrected chi connectivity index (χ3v) is 3.81. The number of para-hydroxylation sites is 1. The zero-order valence-electron chi connectivity index (χ0n) is 11.6. The number of rotatable bonds is 4. The van der Waals surface area contributed by atoms with E-state index in [9.17, 15) is 4.39 Å². The van der Waals surface area contributed by atoms with Crippen LogP contribution in [0.5, 0.6) is 5.75 Å². The fourth-order valence-corrected chi connectivity index (χ4v) is 2.77. The van der Waals surface area contributed by atoms with Crippen molar-refractivity contribution in [1.82, 2.24) is 4.57 Å². The lowest BCUT2D eigenvalue weighted by Crippen LogP contribution is -1.97. The highest BCUT2D eigenvalue weighted by Gasteiger charge is 2.12. The summed E-state index contributed by atoms with van der Waals surface area (Å²) in [5.74, 6) is -0.107. The van der Waals surface area contributed by atoms with E-state index in [0.29, 0.717) is 5.02 Å². The largest absolute Gasteiger partial charge is 0.486 e. The minimum Gasteiger partial charge on any atom is -0.486 e. The number of hydrogen-bond donors (Lipinski definition) is 0. The molecule has 0 spiro atoms. The van der Waals surface area contributed by atoms with Crippen molar-refractivity contribution in [2.75, 3.05) is 0 Å². The number of benzene rings is 2. The van der Waals surface area contributed by atoms with Crippen molar-refractivity contribution in [3.05, 3.63) is 65.1 Å². The molecule has 0 N–H and O–H groups in total. The number of aromatic nitrogens is 1.